The van der Waals surface area contributed by atoms with E-state index in [1.807, 2.05) is 44.2 Å². The fraction of sp³-hybridized carbons (Fsp3) is 0.703. The van der Waals surface area contributed by atoms with Gasteiger partial charge in [0.05, 0.1) is 25.0 Å². The second-order valence-corrected chi connectivity index (χ2v) is 15.0. The Morgan fingerprint density at radius 3 is 2.42 bits per heavy atom. The molecule has 1 aromatic rings. The average Bonchev–Trinajstić information content (AvgIpc) is 3.10. The summed E-state index contributed by atoms with van der Waals surface area (Å²) in [7, 11) is 1.51. The van der Waals surface area contributed by atoms with Crippen molar-refractivity contribution in [2.75, 3.05) is 39.8 Å². The highest BCUT2D eigenvalue weighted by molar-refractivity contribution is 5.95. The molecule has 4 heterocycles. The van der Waals surface area contributed by atoms with Crippen LogP contribution >= 0.6 is 0 Å². The van der Waals surface area contributed by atoms with E-state index in [0.717, 1.165) is 44.3 Å². The number of amides is 5. The van der Waals surface area contributed by atoms with E-state index in [4.69, 9.17) is 4.74 Å². The van der Waals surface area contributed by atoms with Crippen LogP contribution in [0.25, 0.3) is 0 Å². The molecule has 13 nitrogen and oxygen atoms in total. The molecular weight excluding hydrogens is 640 g/mol. The van der Waals surface area contributed by atoms with Gasteiger partial charge in [-0.05, 0) is 70.0 Å². The second kappa shape index (κ2) is 17.1. The van der Waals surface area contributed by atoms with Gasteiger partial charge >= 0.3 is 0 Å². The van der Waals surface area contributed by atoms with Gasteiger partial charge in [-0.25, -0.2) is 0 Å². The second-order valence-electron chi connectivity index (χ2n) is 15.0. The van der Waals surface area contributed by atoms with Crippen molar-refractivity contribution >= 4 is 29.5 Å². The number of nitrogens with one attached hydrogen (secondary N) is 3. The minimum absolute atomic E-state index is 0.0369. The predicted molar refractivity (Wildman–Crippen MR) is 187 cm³/mol. The van der Waals surface area contributed by atoms with Gasteiger partial charge in [0.2, 0.25) is 29.5 Å². The van der Waals surface area contributed by atoms with Gasteiger partial charge in [-0.3, -0.25) is 28.9 Å². The van der Waals surface area contributed by atoms with E-state index in [0.29, 0.717) is 19.3 Å². The molecule has 0 saturated carbocycles. The number of likely N-dealkylation sites (N-methyl/N-ethyl adjacent to an activating group) is 1. The molecule has 5 amide bonds. The first-order valence-electron chi connectivity index (χ1n) is 18.5. The van der Waals surface area contributed by atoms with Crippen LogP contribution in [0.5, 0.6) is 0 Å². The van der Waals surface area contributed by atoms with Crippen LogP contribution in [0.1, 0.15) is 71.3 Å². The Balaban J connectivity index is 1.47. The van der Waals surface area contributed by atoms with Crippen molar-refractivity contribution in [3.8, 4) is 0 Å². The molecule has 4 fully saturated rings. The number of aliphatic hydroxyl groups is 1. The third kappa shape index (κ3) is 9.21. The van der Waals surface area contributed by atoms with Crippen LogP contribution in [0.2, 0.25) is 0 Å². The van der Waals surface area contributed by atoms with Crippen LogP contribution in [0.3, 0.4) is 0 Å². The Kier molecular flexibility index (Phi) is 12.9. The van der Waals surface area contributed by atoms with Gasteiger partial charge in [-0.15, -0.1) is 0 Å². The van der Waals surface area contributed by atoms with E-state index in [1.54, 1.807) is 6.92 Å². The summed E-state index contributed by atoms with van der Waals surface area (Å²) >= 11 is 0. The Hall–Kier alpha value is -3.55. The average molecular weight is 697 g/mol. The molecule has 0 radical (unpaired) electrons. The highest BCUT2D eigenvalue weighted by Gasteiger charge is 2.43. The summed E-state index contributed by atoms with van der Waals surface area (Å²) in [6.07, 6.45) is 3.47. The van der Waals surface area contributed by atoms with Gasteiger partial charge < -0.3 is 35.6 Å². The Morgan fingerprint density at radius 1 is 0.940 bits per heavy atom. The molecule has 0 aliphatic carbocycles. The molecule has 0 aromatic heterocycles. The van der Waals surface area contributed by atoms with Crippen LogP contribution < -0.4 is 16.0 Å². The lowest BCUT2D eigenvalue weighted by Gasteiger charge is -2.45. The number of rotatable bonds is 5. The number of hydrogen-bond acceptors (Lipinski definition) is 8. The summed E-state index contributed by atoms with van der Waals surface area (Å²) < 4.78 is 6.02. The molecule has 0 spiro atoms. The Labute approximate surface area is 295 Å². The highest BCUT2D eigenvalue weighted by Crippen LogP contribution is 2.32. The van der Waals surface area contributed by atoms with Crippen molar-refractivity contribution in [2.45, 2.75) is 115 Å². The van der Waals surface area contributed by atoms with Crippen LogP contribution in [-0.4, -0.2) is 132 Å². The first-order chi connectivity index (χ1) is 23.9. The first kappa shape index (κ1) is 37.7. The maximum Gasteiger partial charge on any atom is 0.245 e. The monoisotopic (exact) mass is 696 g/mol. The first-order valence-corrected chi connectivity index (χ1v) is 18.5. The van der Waals surface area contributed by atoms with Gasteiger partial charge in [0, 0.05) is 26.1 Å². The minimum Gasteiger partial charge on any atom is -0.388 e. The van der Waals surface area contributed by atoms with Gasteiger partial charge in [-0.1, -0.05) is 50.6 Å². The minimum atomic E-state index is -1.17. The molecule has 1 aromatic carbocycles. The van der Waals surface area contributed by atoms with Crippen molar-refractivity contribution < 1.29 is 33.8 Å². The van der Waals surface area contributed by atoms with E-state index in [1.165, 1.54) is 16.8 Å². The maximum absolute atomic E-state index is 14.4. The fourth-order valence-corrected chi connectivity index (χ4v) is 7.98. The molecule has 276 valence electrons. The number of carbonyl (C=O) groups is 5. The normalized spacial score (nSPS) is 32.4. The molecule has 50 heavy (non-hydrogen) atoms. The predicted octanol–water partition coefficient (Wildman–Crippen LogP) is 0.833. The quantitative estimate of drug-likeness (QED) is 0.353. The summed E-state index contributed by atoms with van der Waals surface area (Å²) in [5.74, 6) is -2.36. The molecule has 2 bridgehead atoms. The third-order valence-electron chi connectivity index (χ3n) is 10.9. The third-order valence-corrected chi connectivity index (χ3v) is 10.9. The zero-order valence-electron chi connectivity index (χ0n) is 30.0. The van der Waals surface area contributed by atoms with Crippen LogP contribution in [0.15, 0.2) is 30.3 Å². The maximum atomic E-state index is 14.4. The molecule has 4 N–H and O–H groups in total. The molecule has 5 rings (SSSR count). The smallest absolute Gasteiger partial charge is 0.245 e. The molecule has 13 heteroatoms. The molecule has 8 atom stereocenters. The largest absolute Gasteiger partial charge is 0.388 e. The van der Waals surface area contributed by atoms with Gasteiger partial charge in [-0.2, -0.15) is 0 Å². The van der Waals surface area contributed by atoms with E-state index >= 15 is 0 Å². The lowest BCUT2D eigenvalue weighted by Crippen LogP contribution is -2.61. The number of piperidine rings is 2. The number of fused-ring (bicyclic) bond motifs is 3. The number of carbonyl (C=O) groups excluding carboxylic acids is 5. The van der Waals surface area contributed by atoms with Crippen molar-refractivity contribution in [1.29, 1.82) is 0 Å². The molecular formula is C37H56N6O7. The SMILES string of the molecule is CC(C)C[C@H]1NC(=O)CN(C(=O)[C@@H]2CCCN3CCCC[C@H]23)C[C@H]2OCC[C@H](NC(=O)[C@H](Cc3ccccc3)NC(=O)[C@H](C)N(C)C1=O)[C@@H]2O. The molecule has 4 aliphatic rings. The number of ether oxygens (including phenoxy) is 1. The zero-order chi connectivity index (χ0) is 35.9. The Morgan fingerprint density at radius 2 is 1.68 bits per heavy atom. The number of benzene rings is 1. The molecule has 0 unspecified atom stereocenters. The van der Waals surface area contributed by atoms with Gasteiger partial charge in [0.15, 0.2) is 0 Å². The van der Waals surface area contributed by atoms with Crippen LogP contribution in [0.4, 0.5) is 0 Å². The molecule has 4 saturated heterocycles. The van der Waals surface area contributed by atoms with Crippen molar-refractivity contribution in [2.24, 2.45) is 11.8 Å². The standard InChI is InChI=1S/C37H56N6O7/c1-23(2)19-29-37(49)41(4)24(3)34(46)40-28(20-25-11-6-5-7-12-25)35(47)39-27-15-18-50-31(33(27)45)21-43(22-32(44)38-29)36(48)26-13-10-17-42-16-9-8-14-30(26)42/h5-7,11-12,23-24,26-31,33,45H,8-10,13-22H2,1-4H3,(H,38,44)(H,39,47)(H,40,46)/t24-,26+,27-,28-,29+,30+,31+,33-/m0/s1. The van der Waals surface area contributed by atoms with E-state index < -0.39 is 60.0 Å². The number of hydrogen-bond donors (Lipinski definition) is 4. The van der Waals surface area contributed by atoms with Gasteiger partial charge in [0.25, 0.3) is 0 Å². The summed E-state index contributed by atoms with van der Waals surface area (Å²) in [5.41, 5.74) is 0.828. The van der Waals surface area contributed by atoms with E-state index in [-0.39, 0.29) is 49.9 Å². The number of nitrogens with zero attached hydrogens (tertiary/aromatic N) is 3. The highest BCUT2D eigenvalue weighted by atomic mass is 16.5. The topological polar surface area (TPSA) is 161 Å². The van der Waals surface area contributed by atoms with E-state index in [2.05, 4.69) is 20.9 Å². The lowest BCUT2D eigenvalue weighted by atomic mass is 9.82. The Bertz CT molecular complexity index is 1360. The van der Waals surface area contributed by atoms with Crippen molar-refractivity contribution in [3.63, 3.8) is 0 Å². The van der Waals surface area contributed by atoms with Crippen LogP contribution in [-0.2, 0) is 35.1 Å². The fourth-order valence-electron chi connectivity index (χ4n) is 7.98. The van der Waals surface area contributed by atoms with Crippen LogP contribution in [0, 0.1) is 11.8 Å². The molecule has 4 aliphatic heterocycles. The zero-order valence-corrected chi connectivity index (χ0v) is 30.0. The number of aliphatic hydroxyl groups excluding tert-OH is 1. The summed E-state index contributed by atoms with van der Waals surface area (Å²) in [6, 6.07) is 5.79. The van der Waals surface area contributed by atoms with Crippen molar-refractivity contribution in [1.82, 2.24) is 30.7 Å². The van der Waals surface area contributed by atoms with Crippen molar-refractivity contribution in [3.05, 3.63) is 35.9 Å². The lowest BCUT2D eigenvalue weighted by molar-refractivity contribution is -0.152. The summed E-state index contributed by atoms with van der Waals surface area (Å²) in [5, 5.41) is 20.3. The van der Waals surface area contributed by atoms with E-state index in [9.17, 15) is 29.1 Å². The summed E-state index contributed by atoms with van der Waals surface area (Å²) in [4.78, 5) is 74.8. The summed E-state index contributed by atoms with van der Waals surface area (Å²) in [6.45, 7) is 7.24. The van der Waals surface area contributed by atoms with Gasteiger partial charge in [0.1, 0.15) is 30.3 Å².